The van der Waals surface area contributed by atoms with Crippen LogP contribution in [0.15, 0.2) is 53.6 Å². The summed E-state index contributed by atoms with van der Waals surface area (Å²) in [5, 5.41) is 7.46. The predicted molar refractivity (Wildman–Crippen MR) is 123 cm³/mol. The van der Waals surface area contributed by atoms with Gasteiger partial charge in [-0.2, -0.15) is 0 Å². The Morgan fingerprint density at radius 1 is 1.10 bits per heavy atom. The van der Waals surface area contributed by atoms with Crippen molar-refractivity contribution in [2.45, 2.75) is 36.1 Å². The number of carbonyl (C=O) groups is 2. The Morgan fingerprint density at radius 3 is 2.50 bits per heavy atom. The maximum Gasteiger partial charge on any atom is 0.252 e. The van der Waals surface area contributed by atoms with Crippen LogP contribution in [0.1, 0.15) is 30.1 Å². The summed E-state index contributed by atoms with van der Waals surface area (Å²) in [6, 6.07) is 14.5. The topological polar surface area (TPSA) is 71.1 Å². The SMILES string of the molecule is CC(Sc1cc(C(=O)NC2CC2)c2ccccc2n1)C(=O)Nc1c(Cl)cccc1Cl. The van der Waals surface area contributed by atoms with E-state index in [1.807, 2.05) is 24.3 Å². The summed E-state index contributed by atoms with van der Waals surface area (Å²) in [6.45, 7) is 1.77. The van der Waals surface area contributed by atoms with Crippen LogP contribution in [0.2, 0.25) is 10.0 Å². The van der Waals surface area contributed by atoms with Crippen molar-refractivity contribution in [1.29, 1.82) is 0 Å². The molecule has 1 saturated carbocycles. The maximum absolute atomic E-state index is 12.7. The Labute approximate surface area is 188 Å². The van der Waals surface area contributed by atoms with E-state index in [4.69, 9.17) is 23.2 Å². The third-order valence-corrected chi connectivity index (χ3v) is 6.38. The Bertz CT molecular complexity index is 1110. The molecule has 0 aliphatic heterocycles. The molecule has 1 atom stereocenters. The largest absolute Gasteiger partial charge is 0.349 e. The number of hydrogen-bond acceptors (Lipinski definition) is 4. The molecule has 0 spiro atoms. The highest BCUT2D eigenvalue weighted by Gasteiger charge is 2.25. The zero-order chi connectivity index (χ0) is 21.3. The van der Waals surface area contributed by atoms with Crippen molar-refractivity contribution in [1.82, 2.24) is 10.3 Å². The summed E-state index contributed by atoms with van der Waals surface area (Å²) in [5.74, 6) is -0.369. The zero-order valence-corrected chi connectivity index (χ0v) is 18.4. The number of para-hydroxylation sites is 2. The van der Waals surface area contributed by atoms with Gasteiger partial charge < -0.3 is 10.6 Å². The molecule has 2 N–H and O–H groups in total. The molecular weight excluding hydrogens is 441 g/mol. The van der Waals surface area contributed by atoms with Gasteiger partial charge in [0.2, 0.25) is 5.91 Å². The fourth-order valence-electron chi connectivity index (χ4n) is 2.97. The monoisotopic (exact) mass is 459 g/mol. The van der Waals surface area contributed by atoms with Gasteiger partial charge in [0.15, 0.2) is 0 Å². The average molecular weight is 460 g/mol. The molecule has 2 amide bonds. The second-order valence-corrected chi connectivity index (χ2v) is 9.29. The second kappa shape index (κ2) is 8.84. The van der Waals surface area contributed by atoms with Gasteiger partial charge in [0.05, 0.1) is 37.1 Å². The minimum atomic E-state index is -0.481. The van der Waals surface area contributed by atoms with Gasteiger partial charge in [0.25, 0.3) is 5.91 Å². The van der Waals surface area contributed by atoms with E-state index in [1.54, 1.807) is 31.2 Å². The number of aromatic nitrogens is 1. The number of carbonyl (C=O) groups excluding carboxylic acids is 2. The van der Waals surface area contributed by atoms with Crippen molar-refractivity contribution < 1.29 is 9.59 Å². The predicted octanol–water partition coefficient (Wildman–Crippen LogP) is 5.55. The molecule has 4 rings (SSSR count). The van der Waals surface area contributed by atoms with E-state index in [1.165, 1.54) is 11.8 Å². The number of nitrogens with zero attached hydrogens (tertiary/aromatic N) is 1. The third-order valence-electron chi connectivity index (χ3n) is 4.73. The average Bonchev–Trinajstić information content (AvgIpc) is 3.54. The number of pyridine rings is 1. The van der Waals surface area contributed by atoms with Gasteiger partial charge in [0.1, 0.15) is 0 Å². The quantitative estimate of drug-likeness (QED) is 0.473. The Morgan fingerprint density at radius 2 is 1.80 bits per heavy atom. The number of hydrogen-bond donors (Lipinski definition) is 2. The lowest BCUT2D eigenvalue weighted by molar-refractivity contribution is -0.115. The number of nitrogens with one attached hydrogen (secondary N) is 2. The zero-order valence-electron chi connectivity index (χ0n) is 16.1. The Hall–Kier alpha value is -2.28. The number of fused-ring (bicyclic) bond motifs is 1. The molecule has 1 aliphatic carbocycles. The summed E-state index contributed by atoms with van der Waals surface area (Å²) in [7, 11) is 0. The first-order chi connectivity index (χ1) is 14.4. The van der Waals surface area contributed by atoms with Crippen LogP contribution in [0.25, 0.3) is 10.9 Å². The third kappa shape index (κ3) is 4.72. The van der Waals surface area contributed by atoms with E-state index >= 15 is 0 Å². The van der Waals surface area contributed by atoms with Crippen LogP contribution in [0, 0.1) is 0 Å². The molecule has 30 heavy (non-hydrogen) atoms. The van der Waals surface area contributed by atoms with E-state index in [0.717, 1.165) is 18.2 Å². The van der Waals surface area contributed by atoms with Gasteiger partial charge in [-0.25, -0.2) is 4.98 Å². The molecule has 0 radical (unpaired) electrons. The van der Waals surface area contributed by atoms with Crippen molar-refractivity contribution >= 4 is 63.4 Å². The lowest BCUT2D eigenvalue weighted by atomic mass is 10.1. The molecule has 0 saturated heterocycles. The number of rotatable bonds is 6. The molecule has 5 nitrogen and oxygen atoms in total. The molecule has 3 aromatic rings. The Kier molecular flexibility index (Phi) is 6.18. The standard InChI is InChI=1S/C22H19Cl2N3O2S/c1-12(21(28)27-20-16(23)6-4-7-17(20)24)30-19-11-15(22(29)25-13-9-10-13)14-5-2-3-8-18(14)26-19/h2-8,11-13H,9-10H2,1H3,(H,25,29)(H,27,28). The van der Waals surface area contributed by atoms with Crippen molar-refractivity contribution in [3.63, 3.8) is 0 Å². The molecular formula is C22H19Cl2N3O2S. The summed E-state index contributed by atoms with van der Waals surface area (Å²) in [6.07, 6.45) is 2.02. The van der Waals surface area contributed by atoms with E-state index in [2.05, 4.69) is 15.6 Å². The molecule has 0 bridgehead atoms. The van der Waals surface area contributed by atoms with Crippen LogP contribution in [-0.4, -0.2) is 28.1 Å². The van der Waals surface area contributed by atoms with Gasteiger partial charge >= 0.3 is 0 Å². The summed E-state index contributed by atoms with van der Waals surface area (Å²) < 4.78 is 0. The smallest absolute Gasteiger partial charge is 0.252 e. The molecule has 8 heteroatoms. The molecule has 1 aromatic heterocycles. The van der Waals surface area contributed by atoms with Gasteiger partial charge in [-0.3, -0.25) is 9.59 Å². The van der Waals surface area contributed by atoms with Crippen LogP contribution in [-0.2, 0) is 4.79 Å². The number of halogens is 2. The van der Waals surface area contributed by atoms with E-state index in [9.17, 15) is 9.59 Å². The highest BCUT2D eigenvalue weighted by atomic mass is 35.5. The van der Waals surface area contributed by atoms with Crippen LogP contribution >= 0.6 is 35.0 Å². The molecule has 1 unspecified atom stereocenters. The number of anilines is 1. The van der Waals surface area contributed by atoms with Crippen LogP contribution in [0.5, 0.6) is 0 Å². The number of benzene rings is 2. The maximum atomic E-state index is 12.7. The van der Waals surface area contributed by atoms with Crippen molar-refractivity contribution in [2.24, 2.45) is 0 Å². The lowest BCUT2D eigenvalue weighted by Gasteiger charge is -2.15. The first-order valence-electron chi connectivity index (χ1n) is 9.54. The highest BCUT2D eigenvalue weighted by molar-refractivity contribution is 8.00. The highest BCUT2D eigenvalue weighted by Crippen LogP contribution is 2.32. The molecule has 1 heterocycles. The van der Waals surface area contributed by atoms with Gasteiger partial charge in [-0.15, -0.1) is 0 Å². The van der Waals surface area contributed by atoms with Crippen molar-refractivity contribution in [2.75, 3.05) is 5.32 Å². The van der Waals surface area contributed by atoms with Crippen LogP contribution in [0.4, 0.5) is 5.69 Å². The van der Waals surface area contributed by atoms with E-state index in [-0.39, 0.29) is 17.9 Å². The fraction of sp³-hybridized carbons (Fsp3) is 0.227. The number of amides is 2. The summed E-state index contributed by atoms with van der Waals surface area (Å²) in [5.41, 5.74) is 1.66. The molecule has 1 fully saturated rings. The number of thioether (sulfide) groups is 1. The molecule has 2 aromatic carbocycles. The minimum Gasteiger partial charge on any atom is -0.349 e. The van der Waals surface area contributed by atoms with Gasteiger partial charge in [-0.1, -0.05) is 59.2 Å². The second-order valence-electron chi connectivity index (χ2n) is 7.12. The first-order valence-corrected chi connectivity index (χ1v) is 11.2. The van der Waals surface area contributed by atoms with Crippen molar-refractivity contribution in [3.8, 4) is 0 Å². The van der Waals surface area contributed by atoms with E-state index < -0.39 is 5.25 Å². The van der Waals surface area contributed by atoms with Crippen LogP contribution in [0.3, 0.4) is 0 Å². The summed E-state index contributed by atoms with van der Waals surface area (Å²) >= 11 is 13.6. The van der Waals surface area contributed by atoms with Gasteiger partial charge in [-0.05, 0) is 44.0 Å². The van der Waals surface area contributed by atoms with Crippen molar-refractivity contribution in [3.05, 3.63) is 64.1 Å². The normalized spacial score (nSPS) is 14.4. The lowest BCUT2D eigenvalue weighted by Crippen LogP contribution is -2.26. The van der Waals surface area contributed by atoms with Crippen LogP contribution < -0.4 is 10.6 Å². The minimum absolute atomic E-state index is 0.113. The molecule has 154 valence electrons. The fourth-order valence-corrected chi connectivity index (χ4v) is 4.32. The van der Waals surface area contributed by atoms with Gasteiger partial charge in [0, 0.05) is 11.4 Å². The molecule has 1 aliphatic rings. The first kappa shape index (κ1) is 21.0. The summed E-state index contributed by atoms with van der Waals surface area (Å²) in [4.78, 5) is 30.1. The van der Waals surface area contributed by atoms with E-state index in [0.29, 0.717) is 31.8 Å². The Balaban J connectivity index is 1.56.